The number of pyridine rings is 1. The third kappa shape index (κ3) is 1.72. The van der Waals surface area contributed by atoms with Gasteiger partial charge in [-0.3, -0.25) is 0 Å². The molecule has 0 bridgehead atoms. The Bertz CT molecular complexity index is 434. The molecule has 1 aromatic rings. The van der Waals surface area contributed by atoms with Crippen molar-refractivity contribution >= 4 is 11.6 Å². The van der Waals surface area contributed by atoms with Crippen molar-refractivity contribution in [3.8, 4) is 6.07 Å². The lowest BCUT2D eigenvalue weighted by atomic mass is 9.80. The molecule has 15 heavy (non-hydrogen) atoms. The van der Waals surface area contributed by atoms with Crippen LogP contribution in [0.25, 0.3) is 0 Å². The first-order valence-corrected chi connectivity index (χ1v) is 5.60. The third-order valence-corrected chi connectivity index (χ3v) is 3.65. The normalized spacial score (nSPS) is 24.4. The molecule has 0 fully saturated rings. The largest absolute Gasteiger partial charge is 0.239 e. The van der Waals surface area contributed by atoms with E-state index in [9.17, 15) is 0 Å². The van der Waals surface area contributed by atoms with Crippen molar-refractivity contribution in [2.24, 2.45) is 5.92 Å². The molecule has 0 aromatic carbocycles. The van der Waals surface area contributed by atoms with Gasteiger partial charge in [0.2, 0.25) is 0 Å². The van der Waals surface area contributed by atoms with E-state index in [0.29, 0.717) is 22.6 Å². The first kappa shape index (κ1) is 10.4. The van der Waals surface area contributed by atoms with Gasteiger partial charge >= 0.3 is 0 Å². The number of hydrogen-bond acceptors (Lipinski definition) is 2. The third-order valence-electron chi connectivity index (χ3n) is 3.36. The number of aryl methyl sites for hydroxylation is 1. The summed E-state index contributed by atoms with van der Waals surface area (Å²) in [6.07, 6.45) is 2.18. The van der Waals surface area contributed by atoms with E-state index in [1.165, 1.54) is 12.0 Å². The van der Waals surface area contributed by atoms with Crippen LogP contribution >= 0.6 is 11.6 Å². The molecule has 0 saturated heterocycles. The van der Waals surface area contributed by atoms with Crippen LogP contribution in [0.15, 0.2) is 6.07 Å². The maximum absolute atomic E-state index is 8.86. The van der Waals surface area contributed by atoms with Gasteiger partial charge in [0, 0.05) is 11.6 Å². The average Bonchev–Trinajstić information content (AvgIpc) is 2.24. The van der Waals surface area contributed by atoms with E-state index in [1.807, 2.05) is 6.07 Å². The van der Waals surface area contributed by atoms with Crippen molar-refractivity contribution in [3.63, 3.8) is 0 Å². The Kier molecular flexibility index (Phi) is 2.67. The fraction of sp³-hybridized carbons (Fsp3) is 0.500. The van der Waals surface area contributed by atoms with Gasteiger partial charge in [-0.25, -0.2) is 4.98 Å². The van der Waals surface area contributed by atoms with Crippen LogP contribution in [0.2, 0.25) is 5.15 Å². The lowest BCUT2D eigenvalue weighted by Gasteiger charge is -2.27. The number of rotatable bonds is 0. The van der Waals surface area contributed by atoms with Crippen LogP contribution in [0.1, 0.15) is 43.0 Å². The second-order valence-electron chi connectivity index (χ2n) is 4.29. The molecule has 0 spiro atoms. The Morgan fingerprint density at radius 2 is 2.27 bits per heavy atom. The summed E-state index contributed by atoms with van der Waals surface area (Å²) in [5.41, 5.74) is 2.77. The zero-order chi connectivity index (χ0) is 11.0. The van der Waals surface area contributed by atoms with Gasteiger partial charge in [-0.15, -0.1) is 0 Å². The van der Waals surface area contributed by atoms with Crippen molar-refractivity contribution in [2.45, 2.75) is 32.6 Å². The van der Waals surface area contributed by atoms with Crippen LogP contribution in [0, 0.1) is 17.2 Å². The van der Waals surface area contributed by atoms with Crippen LogP contribution in [0.4, 0.5) is 0 Å². The number of halogens is 1. The SMILES string of the molecule is CC1CCc2cc(C#N)c(Cl)nc2C1C. The van der Waals surface area contributed by atoms with Crippen molar-refractivity contribution in [2.75, 3.05) is 0 Å². The highest BCUT2D eigenvalue weighted by atomic mass is 35.5. The fourth-order valence-electron chi connectivity index (χ4n) is 2.12. The molecule has 3 heteroatoms. The summed E-state index contributed by atoms with van der Waals surface area (Å²) in [5, 5.41) is 9.21. The number of hydrogen-bond donors (Lipinski definition) is 0. The molecule has 0 N–H and O–H groups in total. The monoisotopic (exact) mass is 220 g/mol. The molecule has 0 radical (unpaired) electrons. The summed E-state index contributed by atoms with van der Waals surface area (Å²) in [6.45, 7) is 4.42. The van der Waals surface area contributed by atoms with E-state index in [0.717, 1.165) is 12.1 Å². The van der Waals surface area contributed by atoms with E-state index >= 15 is 0 Å². The van der Waals surface area contributed by atoms with Crippen LogP contribution in [0.5, 0.6) is 0 Å². The van der Waals surface area contributed by atoms with Crippen molar-refractivity contribution < 1.29 is 0 Å². The number of nitrogens with zero attached hydrogens (tertiary/aromatic N) is 2. The fourth-order valence-corrected chi connectivity index (χ4v) is 2.31. The molecular formula is C12H13ClN2. The summed E-state index contributed by atoms with van der Waals surface area (Å²) in [4.78, 5) is 4.36. The topological polar surface area (TPSA) is 36.7 Å². The molecule has 2 unspecified atom stereocenters. The summed E-state index contributed by atoms with van der Waals surface area (Å²) < 4.78 is 0. The Hall–Kier alpha value is -1.07. The average molecular weight is 221 g/mol. The molecule has 0 saturated carbocycles. The van der Waals surface area contributed by atoms with Crippen LogP contribution in [0.3, 0.4) is 0 Å². The first-order chi connectivity index (χ1) is 7.13. The van der Waals surface area contributed by atoms with E-state index < -0.39 is 0 Å². The lowest BCUT2D eigenvalue weighted by Crippen LogP contribution is -2.18. The molecule has 2 nitrogen and oxygen atoms in total. The second kappa shape index (κ2) is 3.83. The number of aromatic nitrogens is 1. The molecule has 2 atom stereocenters. The summed E-state index contributed by atoms with van der Waals surface area (Å²) >= 11 is 5.94. The van der Waals surface area contributed by atoms with Gasteiger partial charge in [-0.2, -0.15) is 5.26 Å². The predicted octanol–water partition coefficient (Wildman–Crippen LogP) is 3.29. The Morgan fingerprint density at radius 1 is 1.53 bits per heavy atom. The Labute approximate surface area is 94.9 Å². The Morgan fingerprint density at radius 3 is 2.93 bits per heavy atom. The molecule has 0 amide bonds. The highest BCUT2D eigenvalue weighted by molar-refractivity contribution is 6.30. The van der Waals surface area contributed by atoms with Gasteiger partial charge in [0.05, 0.1) is 5.56 Å². The molecule has 1 heterocycles. The first-order valence-electron chi connectivity index (χ1n) is 5.23. The van der Waals surface area contributed by atoms with Crippen LogP contribution < -0.4 is 0 Å². The number of nitriles is 1. The molecule has 2 rings (SSSR count). The van der Waals surface area contributed by atoms with Gasteiger partial charge in [-0.1, -0.05) is 25.4 Å². The summed E-state index contributed by atoms with van der Waals surface area (Å²) in [7, 11) is 0. The minimum Gasteiger partial charge on any atom is -0.239 e. The van der Waals surface area contributed by atoms with Gasteiger partial charge in [0.25, 0.3) is 0 Å². The quantitative estimate of drug-likeness (QED) is 0.629. The minimum absolute atomic E-state index is 0.345. The smallest absolute Gasteiger partial charge is 0.147 e. The molecular weight excluding hydrogens is 208 g/mol. The highest BCUT2D eigenvalue weighted by Crippen LogP contribution is 2.35. The molecule has 1 aliphatic rings. The standard InChI is InChI=1S/C12H13ClN2/c1-7-3-4-9-5-10(6-14)12(13)15-11(9)8(7)2/h5,7-8H,3-4H2,1-2H3. The molecule has 1 aromatic heterocycles. The summed E-state index contributed by atoms with van der Waals surface area (Å²) in [6, 6.07) is 3.97. The maximum Gasteiger partial charge on any atom is 0.147 e. The zero-order valence-electron chi connectivity index (χ0n) is 8.92. The van der Waals surface area contributed by atoms with E-state index in [4.69, 9.17) is 16.9 Å². The second-order valence-corrected chi connectivity index (χ2v) is 4.65. The molecule has 78 valence electrons. The highest BCUT2D eigenvalue weighted by Gasteiger charge is 2.25. The van der Waals surface area contributed by atoms with E-state index in [-0.39, 0.29) is 0 Å². The van der Waals surface area contributed by atoms with E-state index in [2.05, 4.69) is 24.9 Å². The van der Waals surface area contributed by atoms with Gasteiger partial charge < -0.3 is 0 Å². The van der Waals surface area contributed by atoms with Crippen molar-refractivity contribution in [3.05, 3.63) is 28.0 Å². The van der Waals surface area contributed by atoms with Gasteiger partial charge in [0.1, 0.15) is 11.2 Å². The van der Waals surface area contributed by atoms with E-state index in [1.54, 1.807) is 0 Å². The molecule has 0 aliphatic heterocycles. The predicted molar refractivity (Wildman–Crippen MR) is 59.9 cm³/mol. The van der Waals surface area contributed by atoms with Crippen LogP contribution in [-0.2, 0) is 6.42 Å². The maximum atomic E-state index is 8.86. The van der Waals surface area contributed by atoms with Crippen LogP contribution in [-0.4, -0.2) is 4.98 Å². The zero-order valence-corrected chi connectivity index (χ0v) is 9.67. The number of fused-ring (bicyclic) bond motifs is 1. The summed E-state index contributed by atoms with van der Waals surface area (Å²) in [5.74, 6) is 1.09. The van der Waals surface area contributed by atoms with Gasteiger partial charge in [0.15, 0.2) is 0 Å². The van der Waals surface area contributed by atoms with Gasteiger partial charge in [-0.05, 0) is 30.4 Å². The lowest BCUT2D eigenvalue weighted by molar-refractivity contribution is 0.417. The Balaban J connectivity index is 2.53. The molecule has 1 aliphatic carbocycles. The van der Waals surface area contributed by atoms with Crippen molar-refractivity contribution in [1.82, 2.24) is 4.98 Å². The van der Waals surface area contributed by atoms with Crippen molar-refractivity contribution in [1.29, 1.82) is 5.26 Å². The minimum atomic E-state index is 0.345.